The van der Waals surface area contributed by atoms with E-state index in [-0.39, 0.29) is 12.2 Å². The van der Waals surface area contributed by atoms with Gasteiger partial charge in [0.2, 0.25) is 10.0 Å². The van der Waals surface area contributed by atoms with Crippen LogP contribution in [-0.4, -0.2) is 44.5 Å². The molecule has 8 nitrogen and oxygen atoms in total. The molecule has 1 atom stereocenters. The van der Waals surface area contributed by atoms with Crippen molar-refractivity contribution < 1.29 is 23.0 Å². The summed E-state index contributed by atoms with van der Waals surface area (Å²) in [5.74, 6) is 1.20. The smallest absolute Gasteiger partial charge is 0.229 e. The van der Waals surface area contributed by atoms with Crippen LogP contribution in [0.3, 0.4) is 0 Å². The van der Waals surface area contributed by atoms with Crippen molar-refractivity contribution in [1.29, 1.82) is 0 Å². The number of aryl methyl sites for hydroxylation is 2. The average molecular weight is 550 g/mol. The monoisotopic (exact) mass is 549 g/mol. The first-order chi connectivity index (χ1) is 18.9. The van der Waals surface area contributed by atoms with Crippen molar-refractivity contribution in [3.63, 3.8) is 0 Å². The summed E-state index contributed by atoms with van der Waals surface area (Å²) in [6, 6.07) is 20.8. The number of nitrogens with one attached hydrogen (secondary N) is 3. The van der Waals surface area contributed by atoms with Crippen LogP contribution in [0.25, 0.3) is 10.9 Å². The Bertz CT molecular complexity index is 1520. The zero-order chi connectivity index (χ0) is 27.2. The number of sulfonamides is 1. The summed E-state index contributed by atoms with van der Waals surface area (Å²) in [6.07, 6.45) is 4.98. The topological polar surface area (TPSA) is 113 Å². The van der Waals surface area contributed by atoms with E-state index in [0.717, 1.165) is 35.9 Å². The van der Waals surface area contributed by atoms with Crippen LogP contribution >= 0.6 is 0 Å². The van der Waals surface area contributed by atoms with Gasteiger partial charge in [-0.1, -0.05) is 36.4 Å². The molecule has 0 aliphatic heterocycles. The number of hydrogen-bond acceptors (Lipinski definition) is 6. The third kappa shape index (κ3) is 7.11. The predicted octanol–water partition coefficient (Wildman–Crippen LogP) is 4.70. The summed E-state index contributed by atoms with van der Waals surface area (Å²) >= 11 is 0. The minimum atomic E-state index is -3.54. The van der Waals surface area contributed by atoms with Gasteiger partial charge in [-0.05, 0) is 66.6 Å². The Balaban J connectivity index is 1.14. The summed E-state index contributed by atoms with van der Waals surface area (Å²) < 4.78 is 38.2. The second-order valence-corrected chi connectivity index (χ2v) is 11.7. The van der Waals surface area contributed by atoms with Gasteiger partial charge in [0.15, 0.2) is 0 Å². The van der Waals surface area contributed by atoms with Crippen LogP contribution in [0.4, 0.5) is 5.69 Å². The minimum absolute atomic E-state index is 0.286. The van der Waals surface area contributed by atoms with Crippen LogP contribution in [0.1, 0.15) is 41.3 Å². The summed E-state index contributed by atoms with van der Waals surface area (Å²) in [5.41, 5.74) is 5.75. The van der Waals surface area contributed by atoms with Crippen molar-refractivity contribution in [1.82, 2.24) is 10.3 Å². The highest BCUT2D eigenvalue weighted by Crippen LogP contribution is 2.32. The molecule has 9 heteroatoms. The van der Waals surface area contributed by atoms with Crippen molar-refractivity contribution >= 4 is 26.6 Å². The highest BCUT2D eigenvalue weighted by molar-refractivity contribution is 7.92. The summed E-state index contributed by atoms with van der Waals surface area (Å²) in [6.45, 7) is 1.57. The fourth-order valence-electron chi connectivity index (χ4n) is 4.98. The molecule has 0 saturated heterocycles. The molecule has 0 amide bonds. The van der Waals surface area contributed by atoms with E-state index in [1.165, 1.54) is 29.5 Å². The van der Waals surface area contributed by atoms with E-state index in [2.05, 4.69) is 27.2 Å². The lowest BCUT2D eigenvalue weighted by Gasteiger charge is -2.17. The maximum absolute atomic E-state index is 11.9. The SMILES string of the molecule is CS(=O)(=O)Nc1cc(C(O)CNCCOc2ccc3c4c([nH]c3c2)CCCC4)ccc1OCc1ccccc1. The molecule has 0 radical (unpaired) electrons. The molecule has 4 aromatic rings. The van der Waals surface area contributed by atoms with Crippen LogP contribution in [-0.2, 0) is 29.5 Å². The number of aromatic amines is 1. The van der Waals surface area contributed by atoms with Gasteiger partial charge >= 0.3 is 0 Å². The van der Waals surface area contributed by atoms with Crippen molar-refractivity contribution in [2.24, 2.45) is 0 Å². The Morgan fingerprint density at radius 2 is 1.82 bits per heavy atom. The minimum Gasteiger partial charge on any atom is -0.492 e. The Labute approximate surface area is 229 Å². The highest BCUT2D eigenvalue weighted by atomic mass is 32.2. The third-order valence-electron chi connectivity index (χ3n) is 6.88. The number of benzene rings is 3. The summed E-state index contributed by atoms with van der Waals surface area (Å²) in [7, 11) is -3.54. The first kappa shape index (κ1) is 27.1. The van der Waals surface area contributed by atoms with Gasteiger partial charge in [0.25, 0.3) is 0 Å². The lowest BCUT2D eigenvalue weighted by atomic mass is 9.96. The fraction of sp³-hybridized carbons (Fsp3) is 0.333. The molecule has 39 heavy (non-hydrogen) atoms. The van der Waals surface area contributed by atoms with Crippen LogP contribution in [0.2, 0.25) is 0 Å². The molecule has 206 valence electrons. The molecule has 3 aromatic carbocycles. The normalized spacial score (nSPS) is 14.1. The molecule has 4 N–H and O–H groups in total. The van der Waals surface area contributed by atoms with Gasteiger partial charge in [-0.25, -0.2) is 8.42 Å². The molecular weight excluding hydrogens is 514 g/mol. The lowest BCUT2D eigenvalue weighted by molar-refractivity contribution is 0.172. The second kappa shape index (κ2) is 12.1. The van der Waals surface area contributed by atoms with Gasteiger partial charge in [0.1, 0.15) is 24.7 Å². The second-order valence-electron chi connectivity index (χ2n) is 9.97. The number of ether oxygens (including phenoxy) is 2. The van der Waals surface area contributed by atoms with Crippen LogP contribution in [0.15, 0.2) is 66.7 Å². The van der Waals surface area contributed by atoms with Crippen molar-refractivity contribution in [2.75, 3.05) is 30.7 Å². The molecule has 0 saturated carbocycles. The van der Waals surface area contributed by atoms with Crippen molar-refractivity contribution in [3.05, 3.63) is 89.1 Å². The zero-order valence-corrected chi connectivity index (χ0v) is 22.9. The average Bonchev–Trinajstić information content (AvgIpc) is 3.29. The van der Waals surface area contributed by atoms with E-state index in [0.29, 0.717) is 31.1 Å². The number of rotatable bonds is 12. The molecule has 1 aliphatic carbocycles. The first-order valence-corrected chi connectivity index (χ1v) is 15.2. The molecule has 1 aromatic heterocycles. The van der Waals surface area contributed by atoms with Gasteiger partial charge in [0.05, 0.1) is 18.0 Å². The first-order valence-electron chi connectivity index (χ1n) is 13.3. The van der Waals surface area contributed by atoms with Crippen LogP contribution < -0.4 is 19.5 Å². The van der Waals surface area contributed by atoms with E-state index >= 15 is 0 Å². The maximum atomic E-state index is 11.9. The number of aliphatic hydroxyl groups excluding tert-OH is 1. The number of fused-ring (bicyclic) bond motifs is 3. The van der Waals surface area contributed by atoms with Crippen molar-refractivity contribution in [3.8, 4) is 11.5 Å². The Morgan fingerprint density at radius 3 is 2.64 bits per heavy atom. The van der Waals surface area contributed by atoms with Gasteiger partial charge in [0, 0.05) is 35.8 Å². The van der Waals surface area contributed by atoms with Gasteiger partial charge in [-0.3, -0.25) is 4.72 Å². The summed E-state index contributed by atoms with van der Waals surface area (Å²) in [5, 5.41) is 15.2. The standard InChI is InChI=1S/C30H35N3O5S/c1-39(35,36)33-28-17-22(11-14-30(28)38-20-21-7-3-2-4-8-21)29(34)19-31-15-16-37-23-12-13-25-24-9-5-6-10-26(24)32-27(25)18-23/h2-4,7-8,11-14,17-18,29,31-34H,5-6,9-10,15-16,19-20H2,1H3. The lowest BCUT2D eigenvalue weighted by Crippen LogP contribution is -2.26. The Kier molecular flexibility index (Phi) is 8.40. The van der Waals surface area contributed by atoms with Gasteiger partial charge in [-0.2, -0.15) is 0 Å². The quantitative estimate of drug-likeness (QED) is 0.191. The molecule has 0 spiro atoms. The maximum Gasteiger partial charge on any atom is 0.229 e. The number of anilines is 1. The van der Waals surface area contributed by atoms with E-state index in [1.807, 2.05) is 36.4 Å². The van der Waals surface area contributed by atoms with Crippen LogP contribution in [0.5, 0.6) is 11.5 Å². The molecule has 1 aliphatic rings. The molecular formula is C30H35N3O5S. The Hall–Kier alpha value is -3.53. The van der Waals surface area contributed by atoms with E-state index in [4.69, 9.17) is 9.47 Å². The number of aromatic nitrogens is 1. The molecule has 5 rings (SSSR count). The van der Waals surface area contributed by atoms with Crippen LogP contribution in [0, 0.1) is 0 Å². The fourth-order valence-corrected chi connectivity index (χ4v) is 5.53. The third-order valence-corrected chi connectivity index (χ3v) is 7.47. The highest BCUT2D eigenvalue weighted by Gasteiger charge is 2.16. The van der Waals surface area contributed by atoms with Gasteiger partial charge in [-0.15, -0.1) is 0 Å². The molecule has 0 fully saturated rings. The molecule has 1 unspecified atom stereocenters. The predicted molar refractivity (Wildman–Crippen MR) is 154 cm³/mol. The number of H-pyrrole nitrogens is 1. The largest absolute Gasteiger partial charge is 0.492 e. The zero-order valence-electron chi connectivity index (χ0n) is 22.1. The van der Waals surface area contributed by atoms with E-state index < -0.39 is 16.1 Å². The number of hydrogen-bond donors (Lipinski definition) is 4. The van der Waals surface area contributed by atoms with E-state index in [1.54, 1.807) is 18.2 Å². The summed E-state index contributed by atoms with van der Waals surface area (Å²) in [4.78, 5) is 3.55. The van der Waals surface area contributed by atoms with E-state index in [9.17, 15) is 13.5 Å². The molecule has 1 heterocycles. The van der Waals surface area contributed by atoms with Crippen molar-refractivity contribution in [2.45, 2.75) is 38.4 Å². The Morgan fingerprint density at radius 1 is 1.00 bits per heavy atom. The van der Waals surface area contributed by atoms with Gasteiger partial charge < -0.3 is 24.9 Å². The number of aliphatic hydroxyl groups is 1. The molecule has 0 bridgehead atoms.